The van der Waals surface area contributed by atoms with Crippen molar-refractivity contribution in [1.29, 1.82) is 0 Å². The van der Waals surface area contributed by atoms with Crippen molar-refractivity contribution in [2.75, 3.05) is 12.4 Å². The molecule has 0 aromatic heterocycles. The molecule has 1 aliphatic carbocycles. The van der Waals surface area contributed by atoms with Crippen molar-refractivity contribution in [1.82, 2.24) is 0 Å². The number of nitrogens with one attached hydrogen (secondary N) is 1. The first-order valence-corrected chi connectivity index (χ1v) is 7.28. The lowest BCUT2D eigenvalue weighted by molar-refractivity contribution is -0.118. The number of ether oxygens (including phenoxy) is 1. The Bertz CT molecular complexity index is 603. The van der Waals surface area contributed by atoms with Gasteiger partial charge >= 0.3 is 0 Å². The van der Waals surface area contributed by atoms with Crippen LogP contribution in [-0.4, -0.2) is 13.0 Å². The molecule has 1 aliphatic rings. The second-order valence-electron chi connectivity index (χ2n) is 5.44. The van der Waals surface area contributed by atoms with E-state index in [0.29, 0.717) is 5.92 Å². The van der Waals surface area contributed by atoms with Crippen LogP contribution in [0.4, 0.5) is 5.69 Å². The number of amides is 1. The van der Waals surface area contributed by atoms with Crippen LogP contribution >= 0.6 is 0 Å². The lowest BCUT2D eigenvalue weighted by Gasteiger charge is -2.16. The number of methoxy groups -OCH3 is 1. The molecule has 1 unspecified atom stereocenters. The molecule has 3 nitrogen and oxygen atoms in total. The molecule has 0 saturated heterocycles. The van der Waals surface area contributed by atoms with Crippen LogP contribution < -0.4 is 10.1 Å². The standard InChI is InChI=1S/C18H19NO2/c1-21-16-11-9-15(10-12-16)19-18(20)17(14-7-8-14)13-5-3-2-4-6-13/h2-6,9-12,14,17H,7-8H2,1H3,(H,19,20). The largest absolute Gasteiger partial charge is 0.497 e. The van der Waals surface area contributed by atoms with Crippen molar-refractivity contribution in [2.24, 2.45) is 5.92 Å². The molecular formula is C18H19NO2. The third-order valence-corrected chi connectivity index (χ3v) is 3.89. The van der Waals surface area contributed by atoms with Crippen LogP contribution in [0.15, 0.2) is 54.6 Å². The van der Waals surface area contributed by atoms with Crippen molar-refractivity contribution < 1.29 is 9.53 Å². The zero-order valence-electron chi connectivity index (χ0n) is 12.1. The molecule has 108 valence electrons. The van der Waals surface area contributed by atoms with E-state index in [1.807, 2.05) is 54.6 Å². The van der Waals surface area contributed by atoms with Crippen LogP contribution in [0.25, 0.3) is 0 Å². The summed E-state index contributed by atoms with van der Waals surface area (Å²) in [6, 6.07) is 17.5. The fourth-order valence-corrected chi connectivity index (χ4v) is 2.62. The Hall–Kier alpha value is -2.29. The van der Waals surface area contributed by atoms with E-state index in [1.54, 1.807) is 7.11 Å². The van der Waals surface area contributed by atoms with Crippen molar-refractivity contribution in [3.63, 3.8) is 0 Å². The molecule has 0 spiro atoms. The molecule has 21 heavy (non-hydrogen) atoms. The molecule has 0 heterocycles. The van der Waals surface area contributed by atoms with Gasteiger partial charge in [0.15, 0.2) is 0 Å². The second-order valence-corrected chi connectivity index (χ2v) is 5.44. The first-order chi connectivity index (χ1) is 10.3. The van der Waals surface area contributed by atoms with Gasteiger partial charge in [0.05, 0.1) is 13.0 Å². The van der Waals surface area contributed by atoms with Crippen LogP contribution in [-0.2, 0) is 4.79 Å². The highest BCUT2D eigenvalue weighted by atomic mass is 16.5. The van der Waals surface area contributed by atoms with Gasteiger partial charge in [-0.2, -0.15) is 0 Å². The maximum Gasteiger partial charge on any atom is 0.232 e. The normalized spacial score (nSPS) is 15.3. The summed E-state index contributed by atoms with van der Waals surface area (Å²) in [7, 11) is 1.63. The highest BCUT2D eigenvalue weighted by molar-refractivity contribution is 5.96. The van der Waals surface area contributed by atoms with Gasteiger partial charge in [-0.3, -0.25) is 4.79 Å². The number of hydrogen-bond donors (Lipinski definition) is 1. The topological polar surface area (TPSA) is 38.3 Å². The van der Waals surface area contributed by atoms with Crippen molar-refractivity contribution in [3.8, 4) is 5.75 Å². The second kappa shape index (κ2) is 6.00. The Kier molecular flexibility index (Phi) is 3.91. The smallest absolute Gasteiger partial charge is 0.232 e. The number of carbonyl (C=O) groups excluding carboxylic acids is 1. The Morgan fingerprint density at radius 1 is 1.10 bits per heavy atom. The van der Waals surface area contributed by atoms with E-state index >= 15 is 0 Å². The van der Waals surface area contributed by atoms with Gasteiger partial charge in [-0.1, -0.05) is 30.3 Å². The van der Waals surface area contributed by atoms with Gasteiger partial charge in [0.1, 0.15) is 5.75 Å². The highest BCUT2D eigenvalue weighted by Gasteiger charge is 2.37. The minimum atomic E-state index is -0.0479. The molecule has 3 rings (SSSR count). The maximum atomic E-state index is 12.6. The first-order valence-electron chi connectivity index (χ1n) is 7.28. The Balaban J connectivity index is 1.75. The Morgan fingerprint density at radius 3 is 2.33 bits per heavy atom. The first kappa shape index (κ1) is 13.7. The number of anilines is 1. The van der Waals surface area contributed by atoms with E-state index in [0.717, 1.165) is 29.8 Å². The molecule has 2 aromatic rings. The number of carbonyl (C=O) groups is 1. The van der Waals surface area contributed by atoms with Gasteiger partial charge in [0, 0.05) is 5.69 Å². The predicted octanol–water partition coefficient (Wildman–Crippen LogP) is 3.83. The van der Waals surface area contributed by atoms with Gasteiger partial charge in [-0.05, 0) is 48.6 Å². The molecule has 3 heteroatoms. The molecule has 0 aliphatic heterocycles. The molecule has 1 fully saturated rings. The van der Waals surface area contributed by atoms with Crippen LogP contribution in [0.1, 0.15) is 24.3 Å². The summed E-state index contributed by atoms with van der Waals surface area (Å²) in [5.74, 6) is 1.29. The van der Waals surface area contributed by atoms with E-state index in [9.17, 15) is 4.79 Å². The molecule has 0 bridgehead atoms. The summed E-state index contributed by atoms with van der Waals surface area (Å²) in [6.07, 6.45) is 2.27. The lowest BCUT2D eigenvalue weighted by atomic mass is 9.93. The number of hydrogen-bond acceptors (Lipinski definition) is 2. The summed E-state index contributed by atoms with van der Waals surface area (Å²) in [5.41, 5.74) is 1.91. The molecular weight excluding hydrogens is 262 g/mol. The van der Waals surface area contributed by atoms with Crippen molar-refractivity contribution >= 4 is 11.6 Å². The van der Waals surface area contributed by atoms with E-state index < -0.39 is 0 Å². The summed E-state index contributed by atoms with van der Waals surface area (Å²) < 4.78 is 5.13. The molecule has 1 saturated carbocycles. The van der Waals surface area contributed by atoms with Crippen LogP contribution in [0.2, 0.25) is 0 Å². The minimum Gasteiger partial charge on any atom is -0.497 e. The highest BCUT2D eigenvalue weighted by Crippen LogP contribution is 2.43. The Labute approximate surface area is 124 Å². The van der Waals surface area contributed by atoms with E-state index in [1.165, 1.54) is 0 Å². The summed E-state index contributed by atoms with van der Waals surface area (Å²) in [4.78, 5) is 12.6. The van der Waals surface area contributed by atoms with Crippen molar-refractivity contribution in [3.05, 3.63) is 60.2 Å². The maximum absolute atomic E-state index is 12.6. The van der Waals surface area contributed by atoms with Crippen LogP contribution in [0.5, 0.6) is 5.75 Å². The van der Waals surface area contributed by atoms with E-state index in [-0.39, 0.29) is 11.8 Å². The van der Waals surface area contributed by atoms with Crippen LogP contribution in [0, 0.1) is 5.92 Å². The molecule has 1 atom stereocenters. The average molecular weight is 281 g/mol. The predicted molar refractivity (Wildman–Crippen MR) is 83.5 cm³/mol. The zero-order chi connectivity index (χ0) is 14.7. The van der Waals surface area contributed by atoms with Gasteiger partial charge in [0.25, 0.3) is 0 Å². The van der Waals surface area contributed by atoms with Gasteiger partial charge < -0.3 is 10.1 Å². The van der Waals surface area contributed by atoms with Gasteiger partial charge in [-0.15, -0.1) is 0 Å². The van der Waals surface area contributed by atoms with Gasteiger partial charge in [0.2, 0.25) is 5.91 Å². The third kappa shape index (κ3) is 3.24. The summed E-state index contributed by atoms with van der Waals surface area (Å²) in [5, 5.41) is 3.02. The molecule has 1 N–H and O–H groups in total. The quantitative estimate of drug-likeness (QED) is 0.904. The monoisotopic (exact) mass is 281 g/mol. The van der Waals surface area contributed by atoms with Gasteiger partial charge in [-0.25, -0.2) is 0 Å². The van der Waals surface area contributed by atoms with Crippen molar-refractivity contribution in [2.45, 2.75) is 18.8 Å². The summed E-state index contributed by atoms with van der Waals surface area (Å²) in [6.45, 7) is 0. The third-order valence-electron chi connectivity index (χ3n) is 3.89. The Morgan fingerprint density at radius 2 is 1.76 bits per heavy atom. The van der Waals surface area contributed by atoms with E-state index in [2.05, 4.69) is 5.32 Å². The molecule has 1 amide bonds. The molecule has 0 radical (unpaired) electrons. The number of rotatable bonds is 5. The fraction of sp³-hybridized carbons (Fsp3) is 0.278. The van der Waals surface area contributed by atoms with E-state index in [4.69, 9.17) is 4.74 Å². The SMILES string of the molecule is COc1ccc(NC(=O)C(c2ccccc2)C2CC2)cc1. The molecule has 2 aromatic carbocycles. The zero-order valence-corrected chi connectivity index (χ0v) is 12.1. The fourth-order valence-electron chi connectivity index (χ4n) is 2.62. The minimum absolute atomic E-state index is 0.0479. The average Bonchev–Trinajstić information content (AvgIpc) is 3.34. The lowest BCUT2D eigenvalue weighted by Crippen LogP contribution is -2.22. The summed E-state index contributed by atoms with van der Waals surface area (Å²) >= 11 is 0. The number of benzene rings is 2. The van der Waals surface area contributed by atoms with Crippen LogP contribution in [0.3, 0.4) is 0 Å².